The number of nitrogens with one attached hydrogen (secondary N) is 1. The molecule has 0 aliphatic carbocycles. The van der Waals surface area contributed by atoms with Gasteiger partial charge in [-0.2, -0.15) is 5.10 Å². The fourth-order valence-corrected chi connectivity index (χ4v) is 3.51. The summed E-state index contributed by atoms with van der Waals surface area (Å²) in [6.45, 7) is 3.35. The molecule has 7 nitrogen and oxygen atoms in total. The van der Waals surface area contributed by atoms with E-state index >= 15 is 0 Å². The lowest BCUT2D eigenvalue weighted by atomic mass is 10.1. The van der Waals surface area contributed by atoms with Crippen LogP contribution >= 0.6 is 0 Å². The lowest BCUT2D eigenvalue weighted by Gasteiger charge is -2.27. The molecule has 0 radical (unpaired) electrons. The maximum absolute atomic E-state index is 13.1. The molecule has 130 valence electrons. The fourth-order valence-electron chi connectivity index (χ4n) is 3.51. The molecule has 4 rings (SSSR count). The molecule has 1 fully saturated rings. The van der Waals surface area contributed by atoms with Crippen LogP contribution in [0.2, 0.25) is 0 Å². The first-order valence-electron chi connectivity index (χ1n) is 8.47. The van der Waals surface area contributed by atoms with Crippen LogP contribution in [0.3, 0.4) is 0 Å². The van der Waals surface area contributed by atoms with E-state index in [1.807, 2.05) is 28.9 Å². The van der Waals surface area contributed by atoms with Crippen LogP contribution in [0.4, 0.5) is 5.69 Å². The van der Waals surface area contributed by atoms with Crippen molar-refractivity contribution in [2.45, 2.75) is 32.4 Å². The molecule has 0 unspecified atom stereocenters. The van der Waals surface area contributed by atoms with Crippen LogP contribution in [0.1, 0.15) is 28.8 Å². The summed E-state index contributed by atoms with van der Waals surface area (Å²) in [6.07, 6.45) is 5.75. The first kappa shape index (κ1) is 15.7. The van der Waals surface area contributed by atoms with Crippen molar-refractivity contribution in [1.82, 2.24) is 14.7 Å². The molecule has 1 aromatic carbocycles. The zero-order chi connectivity index (χ0) is 17.4. The molecule has 2 amide bonds. The smallest absolute Gasteiger partial charge is 0.262 e. The van der Waals surface area contributed by atoms with Crippen molar-refractivity contribution in [1.29, 1.82) is 0 Å². The molecule has 2 aliphatic rings. The summed E-state index contributed by atoms with van der Waals surface area (Å²) in [5.74, 6) is 0.206. The predicted octanol–water partition coefficient (Wildman–Crippen LogP) is 1.83. The minimum atomic E-state index is -0.204. The first-order valence-corrected chi connectivity index (χ1v) is 8.47. The van der Waals surface area contributed by atoms with Gasteiger partial charge in [0, 0.05) is 12.7 Å². The highest BCUT2D eigenvalue weighted by Gasteiger charge is 2.32. The quantitative estimate of drug-likeness (QED) is 0.925. The summed E-state index contributed by atoms with van der Waals surface area (Å²) in [5.41, 5.74) is 2.17. The second-order valence-corrected chi connectivity index (χ2v) is 6.55. The van der Waals surface area contributed by atoms with Gasteiger partial charge in [0.25, 0.3) is 11.8 Å². The Morgan fingerprint density at radius 1 is 1.44 bits per heavy atom. The molecule has 1 N–H and O–H groups in total. The lowest BCUT2D eigenvalue weighted by Crippen LogP contribution is -2.39. The molecule has 0 saturated carbocycles. The standard InChI is InChI=1S/C18H20N4O3/c1-12-8-19-21(9-12)10-13-4-3-7-22(13)18(24)14-5-2-6-15-17(14)25-11-16(23)20-15/h2,5-6,8-9,13H,3-4,7,10-11H2,1H3,(H,20,23)/t13-/m0/s1. The minimum Gasteiger partial charge on any atom is -0.481 e. The van der Waals surface area contributed by atoms with E-state index in [1.165, 1.54) is 0 Å². The van der Waals surface area contributed by atoms with Gasteiger partial charge in [-0.15, -0.1) is 0 Å². The topological polar surface area (TPSA) is 76.5 Å². The Kier molecular flexibility index (Phi) is 3.91. The number of benzene rings is 1. The number of ether oxygens (including phenoxy) is 1. The highest BCUT2D eigenvalue weighted by Crippen LogP contribution is 2.33. The molecule has 0 spiro atoms. The molecule has 0 bridgehead atoms. The largest absolute Gasteiger partial charge is 0.481 e. The van der Waals surface area contributed by atoms with Crippen LogP contribution in [-0.4, -0.2) is 45.7 Å². The number of amides is 2. The van der Waals surface area contributed by atoms with Crippen molar-refractivity contribution in [2.24, 2.45) is 0 Å². The van der Waals surface area contributed by atoms with Gasteiger partial charge in [-0.25, -0.2) is 0 Å². The maximum Gasteiger partial charge on any atom is 0.262 e. The number of carbonyl (C=O) groups excluding carboxylic acids is 2. The number of anilines is 1. The Morgan fingerprint density at radius 2 is 2.32 bits per heavy atom. The number of aromatic nitrogens is 2. The number of fused-ring (bicyclic) bond motifs is 1. The number of para-hydroxylation sites is 1. The zero-order valence-corrected chi connectivity index (χ0v) is 14.1. The average Bonchev–Trinajstić information content (AvgIpc) is 3.22. The number of rotatable bonds is 3. The van der Waals surface area contributed by atoms with E-state index in [9.17, 15) is 9.59 Å². The van der Waals surface area contributed by atoms with Crippen LogP contribution in [0.25, 0.3) is 0 Å². The van der Waals surface area contributed by atoms with Crippen molar-refractivity contribution < 1.29 is 14.3 Å². The monoisotopic (exact) mass is 340 g/mol. The second-order valence-electron chi connectivity index (χ2n) is 6.55. The van der Waals surface area contributed by atoms with E-state index in [0.717, 1.165) is 24.9 Å². The van der Waals surface area contributed by atoms with Gasteiger partial charge in [-0.05, 0) is 37.5 Å². The Morgan fingerprint density at radius 3 is 3.12 bits per heavy atom. The Hall–Kier alpha value is -2.83. The average molecular weight is 340 g/mol. The Bertz CT molecular complexity index is 829. The van der Waals surface area contributed by atoms with Crippen molar-refractivity contribution in [3.05, 3.63) is 41.7 Å². The van der Waals surface area contributed by atoms with Crippen LogP contribution in [0.5, 0.6) is 5.75 Å². The molecule has 2 aromatic rings. The SMILES string of the molecule is Cc1cnn(C[C@@H]2CCCN2C(=O)c2cccc3c2OCC(=O)N3)c1. The molecule has 7 heteroatoms. The minimum absolute atomic E-state index is 0.0561. The first-order chi connectivity index (χ1) is 12.1. The van der Waals surface area contributed by atoms with Gasteiger partial charge >= 0.3 is 0 Å². The highest BCUT2D eigenvalue weighted by atomic mass is 16.5. The maximum atomic E-state index is 13.1. The van der Waals surface area contributed by atoms with Crippen LogP contribution in [-0.2, 0) is 11.3 Å². The van der Waals surface area contributed by atoms with Crippen molar-refractivity contribution >= 4 is 17.5 Å². The summed E-state index contributed by atoms with van der Waals surface area (Å²) in [4.78, 5) is 26.5. The van der Waals surface area contributed by atoms with Gasteiger partial charge in [0.05, 0.1) is 30.0 Å². The number of hydrogen-bond donors (Lipinski definition) is 1. The van der Waals surface area contributed by atoms with E-state index in [1.54, 1.807) is 18.2 Å². The molecule has 3 heterocycles. The Balaban J connectivity index is 1.58. The van der Waals surface area contributed by atoms with E-state index < -0.39 is 0 Å². The summed E-state index contributed by atoms with van der Waals surface area (Å²) in [7, 11) is 0. The summed E-state index contributed by atoms with van der Waals surface area (Å²) in [5, 5.41) is 7.08. The molecule has 1 atom stereocenters. The number of aryl methyl sites for hydroxylation is 1. The molecule has 2 aliphatic heterocycles. The highest BCUT2D eigenvalue weighted by molar-refractivity contribution is 6.03. The van der Waals surface area contributed by atoms with Gasteiger partial charge in [-0.1, -0.05) is 6.07 Å². The predicted molar refractivity (Wildman–Crippen MR) is 91.6 cm³/mol. The number of carbonyl (C=O) groups is 2. The lowest BCUT2D eigenvalue weighted by molar-refractivity contribution is -0.118. The van der Waals surface area contributed by atoms with Crippen molar-refractivity contribution in [2.75, 3.05) is 18.5 Å². The third-order valence-electron chi connectivity index (χ3n) is 4.67. The third-order valence-corrected chi connectivity index (χ3v) is 4.67. The fraction of sp³-hybridized carbons (Fsp3) is 0.389. The zero-order valence-electron chi connectivity index (χ0n) is 14.1. The third kappa shape index (κ3) is 2.97. The van der Waals surface area contributed by atoms with Gasteiger partial charge in [0.15, 0.2) is 12.4 Å². The normalized spacial score (nSPS) is 19.3. The molecule has 25 heavy (non-hydrogen) atoms. The van der Waals surface area contributed by atoms with Gasteiger partial charge in [-0.3, -0.25) is 14.3 Å². The number of likely N-dealkylation sites (tertiary alicyclic amines) is 1. The van der Waals surface area contributed by atoms with E-state index in [0.29, 0.717) is 23.5 Å². The van der Waals surface area contributed by atoms with Gasteiger partial charge in [0.1, 0.15) is 0 Å². The number of nitrogens with zero attached hydrogens (tertiary/aromatic N) is 3. The van der Waals surface area contributed by atoms with Gasteiger partial charge in [0.2, 0.25) is 0 Å². The van der Waals surface area contributed by atoms with Crippen molar-refractivity contribution in [3.63, 3.8) is 0 Å². The van der Waals surface area contributed by atoms with Crippen LogP contribution < -0.4 is 10.1 Å². The van der Waals surface area contributed by atoms with Crippen LogP contribution in [0, 0.1) is 6.92 Å². The molecule has 1 saturated heterocycles. The van der Waals surface area contributed by atoms with E-state index in [4.69, 9.17) is 4.74 Å². The second kappa shape index (κ2) is 6.23. The van der Waals surface area contributed by atoms with Gasteiger partial charge < -0.3 is 15.0 Å². The summed E-state index contributed by atoms with van der Waals surface area (Å²) in [6, 6.07) is 5.38. The van der Waals surface area contributed by atoms with Crippen molar-refractivity contribution in [3.8, 4) is 5.75 Å². The molecular formula is C18H20N4O3. The van der Waals surface area contributed by atoms with E-state index in [-0.39, 0.29) is 24.5 Å². The summed E-state index contributed by atoms with van der Waals surface area (Å²) < 4.78 is 7.42. The van der Waals surface area contributed by atoms with Crippen LogP contribution in [0.15, 0.2) is 30.6 Å². The summed E-state index contributed by atoms with van der Waals surface area (Å²) >= 11 is 0. The van der Waals surface area contributed by atoms with E-state index in [2.05, 4.69) is 10.4 Å². The molecular weight excluding hydrogens is 320 g/mol. The Labute approximate surface area is 145 Å². The number of hydrogen-bond acceptors (Lipinski definition) is 4. The molecule has 1 aromatic heterocycles.